The first-order valence-electron chi connectivity index (χ1n) is 4.30. The topological polar surface area (TPSA) is 41.6 Å². The van der Waals surface area contributed by atoms with Gasteiger partial charge in [0.25, 0.3) is 0 Å². The highest BCUT2D eigenvalue weighted by Crippen LogP contribution is 2.24. The Balaban J connectivity index is 0.000000671. The molecule has 0 bridgehead atoms. The van der Waals surface area contributed by atoms with E-state index >= 15 is 0 Å². The molecule has 3 nitrogen and oxygen atoms in total. The molecule has 0 radical (unpaired) electrons. The SMILES string of the molecule is C=Nc1ccccc1N(C)N.CC. The molecule has 3 heteroatoms. The van der Waals surface area contributed by atoms with Gasteiger partial charge in [0, 0.05) is 7.05 Å². The number of nitrogens with two attached hydrogens (primary N) is 1. The zero-order chi connectivity index (χ0) is 10.3. The minimum absolute atomic E-state index is 0.803. The van der Waals surface area contributed by atoms with E-state index in [1.807, 2.05) is 38.1 Å². The summed E-state index contributed by atoms with van der Waals surface area (Å²) < 4.78 is 0. The molecule has 0 spiro atoms. The van der Waals surface area contributed by atoms with Gasteiger partial charge < -0.3 is 5.01 Å². The van der Waals surface area contributed by atoms with Crippen molar-refractivity contribution in [1.82, 2.24) is 0 Å². The van der Waals surface area contributed by atoms with E-state index in [1.165, 1.54) is 5.01 Å². The summed E-state index contributed by atoms with van der Waals surface area (Å²) in [6.07, 6.45) is 0. The molecule has 0 aromatic heterocycles. The summed E-state index contributed by atoms with van der Waals surface area (Å²) in [5, 5.41) is 1.52. The average Bonchev–Trinajstić information content (AvgIpc) is 2.20. The van der Waals surface area contributed by atoms with Gasteiger partial charge in [0.05, 0.1) is 11.4 Å². The Bertz CT molecular complexity index is 256. The van der Waals surface area contributed by atoms with E-state index in [4.69, 9.17) is 5.84 Å². The minimum Gasteiger partial charge on any atom is -0.312 e. The maximum Gasteiger partial charge on any atom is 0.0869 e. The molecular weight excluding hydrogens is 162 g/mol. The molecule has 0 saturated heterocycles. The van der Waals surface area contributed by atoms with Crippen LogP contribution in [0.3, 0.4) is 0 Å². The number of nitrogens with zero attached hydrogens (tertiary/aromatic N) is 2. The lowest BCUT2D eigenvalue weighted by atomic mass is 10.2. The third-order valence-corrected chi connectivity index (χ3v) is 1.43. The Kier molecular flexibility index (Phi) is 5.55. The van der Waals surface area contributed by atoms with Gasteiger partial charge in [0.15, 0.2) is 0 Å². The molecule has 1 aromatic rings. The Morgan fingerprint density at radius 1 is 1.31 bits per heavy atom. The summed E-state index contributed by atoms with van der Waals surface area (Å²) in [6, 6.07) is 7.57. The van der Waals surface area contributed by atoms with Crippen molar-refractivity contribution < 1.29 is 0 Å². The van der Waals surface area contributed by atoms with Gasteiger partial charge in [-0.15, -0.1) is 0 Å². The molecule has 0 aliphatic heterocycles. The summed E-state index contributed by atoms with van der Waals surface area (Å²) >= 11 is 0. The number of anilines is 1. The van der Waals surface area contributed by atoms with Crippen LogP contribution in [0.15, 0.2) is 29.3 Å². The van der Waals surface area contributed by atoms with Crippen LogP contribution in [0.2, 0.25) is 0 Å². The lowest BCUT2D eigenvalue weighted by molar-refractivity contribution is 1.02. The number of hydrogen-bond acceptors (Lipinski definition) is 3. The second-order valence-electron chi connectivity index (χ2n) is 2.26. The van der Waals surface area contributed by atoms with Crippen LogP contribution in [0.5, 0.6) is 0 Å². The maximum absolute atomic E-state index is 5.54. The van der Waals surface area contributed by atoms with E-state index in [1.54, 1.807) is 7.05 Å². The zero-order valence-corrected chi connectivity index (χ0v) is 8.49. The molecule has 0 fully saturated rings. The fraction of sp³-hybridized carbons (Fsp3) is 0.300. The van der Waals surface area contributed by atoms with Crippen molar-refractivity contribution in [3.8, 4) is 0 Å². The summed E-state index contributed by atoms with van der Waals surface area (Å²) in [5.74, 6) is 5.54. The normalized spacial score (nSPS) is 8.31. The van der Waals surface area contributed by atoms with Gasteiger partial charge in [-0.1, -0.05) is 26.0 Å². The molecule has 72 valence electrons. The van der Waals surface area contributed by atoms with Crippen LogP contribution in [-0.4, -0.2) is 13.8 Å². The highest BCUT2D eigenvalue weighted by molar-refractivity contribution is 5.67. The van der Waals surface area contributed by atoms with Crippen LogP contribution in [0, 0.1) is 0 Å². The first-order chi connectivity index (χ1) is 6.25. The Morgan fingerprint density at radius 2 is 1.85 bits per heavy atom. The van der Waals surface area contributed by atoms with Crippen LogP contribution in [0.1, 0.15) is 13.8 Å². The van der Waals surface area contributed by atoms with E-state index < -0.39 is 0 Å². The number of hydrogen-bond donors (Lipinski definition) is 1. The van der Waals surface area contributed by atoms with Crippen LogP contribution in [-0.2, 0) is 0 Å². The lowest BCUT2D eigenvalue weighted by Crippen LogP contribution is -2.24. The fourth-order valence-corrected chi connectivity index (χ4v) is 0.896. The monoisotopic (exact) mass is 179 g/mol. The molecular formula is C10H17N3. The largest absolute Gasteiger partial charge is 0.312 e. The molecule has 2 N–H and O–H groups in total. The average molecular weight is 179 g/mol. The Morgan fingerprint density at radius 3 is 2.23 bits per heavy atom. The number of benzene rings is 1. The molecule has 0 aliphatic carbocycles. The maximum atomic E-state index is 5.54. The first kappa shape index (κ1) is 11.6. The van der Waals surface area contributed by atoms with Crippen LogP contribution >= 0.6 is 0 Å². The van der Waals surface area contributed by atoms with Gasteiger partial charge in [-0.25, -0.2) is 5.84 Å². The van der Waals surface area contributed by atoms with Crippen molar-refractivity contribution in [2.75, 3.05) is 12.1 Å². The Hall–Kier alpha value is -1.35. The molecule has 1 aromatic carbocycles. The molecule has 0 atom stereocenters. The first-order valence-corrected chi connectivity index (χ1v) is 4.30. The summed E-state index contributed by atoms with van der Waals surface area (Å²) in [5.41, 5.74) is 1.68. The van der Waals surface area contributed by atoms with Gasteiger partial charge in [-0.3, -0.25) is 4.99 Å². The van der Waals surface area contributed by atoms with Crippen molar-refractivity contribution in [1.29, 1.82) is 0 Å². The third-order valence-electron chi connectivity index (χ3n) is 1.43. The van der Waals surface area contributed by atoms with Gasteiger partial charge in [-0.05, 0) is 18.9 Å². The van der Waals surface area contributed by atoms with E-state index in [0.717, 1.165) is 11.4 Å². The quantitative estimate of drug-likeness (QED) is 0.430. The van der Waals surface area contributed by atoms with Crippen molar-refractivity contribution in [2.24, 2.45) is 10.8 Å². The van der Waals surface area contributed by atoms with Crippen LogP contribution in [0.25, 0.3) is 0 Å². The molecule has 13 heavy (non-hydrogen) atoms. The molecule has 1 rings (SSSR count). The molecule has 0 heterocycles. The predicted octanol–water partition coefficient (Wildman–Crippen LogP) is 2.35. The predicted molar refractivity (Wildman–Crippen MR) is 59.6 cm³/mol. The lowest BCUT2D eigenvalue weighted by Gasteiger charge is -2.13. The standard InChI is InChI=1S/C8H11N3.C2H6/c1-10-7-5-3-4-6-8(7)11(2)9;1-2/h3-6H,1,9H2,2H3;1-2H3. The number of para-hydroxylation sites is 2. The van der Waals surface area contributed by atoms with E-state index in [2.05, 4.69) is 11.7 Å². The molecule has 0 unspecified atom stereocenters. The summed E-state index contributed by atoms with van der Waals surface area (Å²) in [7, 11) is 1.77. The Labute approximate surface area is 79.9 Å². The minimum atomic E-state index is 0.803. The van der Waals surface area contributed by atoms with Crippen LogP contribution < -0.4 is 10.9 Å². The van der Waals surface area contributed by atoms with Gasteiger partial charge in [-0.2, -0.15) is 0 Å². The zero-order valence-electron chi connectivity index (χ0n) is 8.49. The third kappa shape index (κ3) is 3.25. The van der Waals surface area contributed by atoms with Gasteiger partial charge in [0.1, 0.15) is 0 Å². The van der Waals surface area contributed by atoms with Crippen molar-refractivity contribution >= 4 is 18.1 Å². The smallest absolute Gasteiger partial charge is 0.0869 e. The second-order valence-corrected chi connectivity index (χ2v) is 2.26. The van der Waals surface area contributed by atoms with E-state index in [0.29, 0.717) is 0 Å². The van der Waals surface area contributed by atoms with Gasteiger partial charge in [0.2, 0.25) is 0 Å². The highest BCUT2D eigenvalue weighted by Gasteiger charge is 1.99. The van der Waals surface area contributed by atoms with E-state index in [-0.39, 0.29) is 0 Å². The second kappa shape index (κ2) is 6.20. The molecule has 0 saturated carbocycles. The summed E-state index contributed by atoms with van der Waals surface area (Å²) in [4.78, 5) is 3.82. The molecule has 0 aliphatic rings. The van der Waals surface area contributed by atoms with Crippen molar-refractivity contribution in [3.05, 3.63) is 24.3 Å². The summed E-state index contributed by atoms with van der Waals surface area (Å²) in [6.45, 7) is 7.44. The van der Waals surface area contributed by atoms with Crippen molar-refractivity contribution in [2.45, 2.75) is 13.8 Å². The van der Waals surface area contributed by atoms with Crippen molar-refractivity contribution in [3.63, 3.8) is 0 Å². The fourth-order valence-electron chi connectivity index (χ4n) is 0.896. The number of rotatable bonds is 2. The van der Waals surface area contributed by atoms with Gasteiger partial charge >= 0.3 is 0 Å². The van der Waals surface area contributed by atoms with Crippen LogP contribution in [0.4, 0.5) is 11.4 Å². The number of aliphatic imine (C=N–C) groups is 1. The highest BCUT2D eigenvalue weighted by atomic mass is 15.4. The van der Waals surface area contributed by atoms with E-state index in [9.17, 15) is 0 Å². The molecule has 0 amide bonds. The number of hydrazine groups is 1.